The molecule has 0 aliphatic rings. The highest BCUT2D eigenvalue weighted by atomic mass is 16.1. The van der Waals surface area contributed by atoms with Gasteiger partial charge < -0.3 is 5.32 Å². The van der Waals surface area contributed by atoms with Crippen LogP contribution in [0.4, 0.5) is 5.69 Å². The third-order valence-electron chi connectivity index (χ3n) is 3.73. The van der Waals surface area contributed by atoms with E-state index in [0.29, 0.717) is 5.69 Å². The van der Waals surface area contributed by atoms with Gasteiger partial charge in [-0.25, -0.2) is 0 Å². The molecular formula is C21H16N2O. The van der Waals surface area contributed by atoms with Crippen molar-refractivity contribution in [2.24, 2.45) is 0 Å². The molecule has 0 unspecified atom stereocenters. The number of anilines is 1. The van der Waals surface area contributed by atoms with Crippen molar-refractivity contribution in [3.05, 3.63) is 78.9 Å². The van der Waals surface area contributed by atoms with Crippen LogP contribution in [0, 0.1) is 11.3 Å². The number of nitrogens with zero attached hydrogens (tertiary/aromatic N) is 1. The summed E-state index contributed by atoms with van der Waals surface area (Å²) in [7, 11) is 0. The minimum absolute atomic E-state index is 0.136. The van der Waals surface area contributed by atoms with E-state index < -0.39 is 0 Å². The van der Waals surface area contributed by atoms with Gasteiger partial charge in [-0.1, -0.05) is 66.7 Å². The maximum atomic E-state index is 11.4. The van der Waals surface area contributed by atoms with Crippen LogP contribution in [0.1, 0.15) is 6.42 Å². The zero-order valence-electron chi connectivity index (χ0n) is 13.1. The van der Waals surface area contributed by atoms with E-state index >= 15 is 0 Å². The number of carbonyl (C=O) groups is 1. The Hall–Kier alpha value is -3.38. The Kier molecular flexibility index (Phi) is 4.69. The van der Waals surface area contributed by atoms with Gasteiger partial charge in [0.2, 0.25) is 5.91 Å². The molecule has 0 atom stereocenters. The van der Waals surface area contributed by atoms with Crippen LogP contribution in [-0.2, 0) is 4.79 Å². The van der Waals surface area contributed by atoms with Gasteiger partial charge in [0.15, 0.2) is 0 Å². The molecule has 0 aliphatic heterocycles. The third-order valence-corrected chi connectivity index (χ3v) is 3.73. The average molecular weight is 312 g/mol. The molecular weight excluding hydrogens is 296 g/mol. The van der Waals surface area contributed by atoms with Crippen LogP contribution in [0.25, 0.3) is 22.3 Å². The molecule has 3 rings (SSSR count). The first kappa shape index (κ1) is 15.5. The lowest BCUT2D eigenvalue weighted by atomic mass is 10.0. The molecule has 0 spiro atoms. The fourth-order valence-electron chi connectivity index (χ4n) is 2.51. The fourth-order valence-corrected chi connectivity index (χ4v) is 2.51. The van der Waals surface area contributed by atoms with Crippen LogP contribution in [-0.4, -0.2) is 5.91 Å². The van der Waals surface area contributed by atoms with Crippen LogP contribution >= 0.6 is 0 Å². The van der Waals surface area contributed by atoms with Gasteiger partial charge >= 0.3 is 0 Å². The van der Waals surface area contributed by atoms with Gasteiger partial charge in [-0.2, -0.15) is 5.26 Å². The van der Waals surface area contributed by atoms with E-state index in [0.717, 1.165) is 11.1 Å². The van der Waals surface area contributed by atoms with Crippen LogP contribution in [0.2, 0.25) is 0 Å². The molecule has 0 fully saturated rings. The maximum absolute atomic E-state index is 11.4. The summed E-state index contributed by atoms with van der Waals surface area (Å²) < 4.78 is 0. The predicted octanol–water partition coefficient (Wildman–Crippen LogP) is 4.87. The van der Waals surface area contributed by atoms with E-state index in [-0.39, 0.29) is 12.3 Å². The van der Waals surface area contributed by atoms with Gasteiger partial charge in [-0.3, -0.25) is 4.79 Å². The summed E-state index contributed by atoms with van der Waals surface area (Å²) in [4.78, 5) is 11.4. The second kappa shape index (κ2) is 7.26. The van der Waals surface area contributed by atoms with Crippen LogP contribution in [0.5, 0.6) is 0 Å². The molecule has 0 bridgehead atoms. The molecule has 1 N–H and O–H groups in total. The molecule has 0 heterocycles. The Bertz CT molecular complexity index is 860. The Morgan fingerprint density at radius 1 is 0.750 bits per heavy atom. The standard InChI is InChI=1S/C21H16N2O/c22-15-14-21(24)23-20-12-10-19(11-13-20)18-8-6-17(7-9-18)16-4-2-1-3-5-16/h1-13H,14H2,(H,23,24). The minimum Gasteiger partial charge on any atom is -0.325 e. The smallest absolute Gasteiger partial charge is 0.238 e. The normalized spacial score (nSPS) is 9.96. The first-order chi connectivity index (χ1) is 11.8. The van der Waals surface area contributed by atoms with Crippen molar-refractivity contribution in [3.8, 4) is 28.3 Å². The molecule has 0 aromatic heterocycles. The van der Waals surface area contributed by atoms with E-state index in [9.17, 15) is 4.79 Å². The molecule has 3 aromatic rings. The van der Waals surface area contributed by atoms with Crippen molar-refractivity contribution in [1.29, 1.82) is 5.26 Å². The van der Waals surface area contributed by atoms with Crippen LogP contribution in [0.3, 0.4) is 0 Å². The zero-order chi connectivity index (χ0) is 16.8. The Morgan fingerprint density at radius 2 is 1.21 bits per heavy atom. The highest BCUT2D eigenvalue weighted by Gasteiger charge is 2.03. The second-order valence-electron chi connectivity index (χ2n) is 5.40. The molecule has 3 aromatic carbocycles. The monoisotopic (exact) mass is 312 g/mol. The summed E-state index contributed by atoms with van der Waals surface area (Å²) in [5.74, 6) is -0.294. The predicted molar refractivity (Wildman–Crippen MR) is 96.2 cm³/mol. The highest BCUT2D eigenvalue weighted by Crippen LogP contribution is 2.25. The lowest BCUT2D eigenvalue weighted by molar-refractivity contribution is -0.115. The molecule has 1 amide bonds. The van der Waals surface area contributed by atoms with Crippen molar-refractivity contribution in [2.75, 3.05) is 5.32 Å². The number of amides is 1. The molecule has 0 saturated carbocycles. The summed E-state index contributed by atoms with van der Waals surface area (Å²) in [5.41, 5.74) is 5.26. The lowest BCUT2D eigenvalue weighted by Gasteiger charge is -2.07. The second-order valence-corrected chi connectivity index (χ2v) is 5.40. The number of nitriles is 1. The molecule has 24 heavy (non-hydrogen) atoms. The Balaban J connectivity index is 1.75. The summed E-state index contributed by atoms with van der Waals surface area (Å²) in [5, 5.41) is 11.2. The number of carbonyl (C=O) groups excluding carboxylic acids is 1. The van der Waals surface area contributed by atoms with Gasteiger partial charge in [-0.05, 0) is 34.4 Å². The van der Waals surface area contributed by atoms with Crippen LogP contribution < -0.4 is 5.32 Å². The Morgan fingerprint density at radius 3 is 1.71 bits per heavy atom. The van der Waals surface area contributed by atoms with Gasteiger partial charge in [0.25, 0.3) is 0 Å². The van der Waals surface area contributed by atoms with Gasteiger partial charge in [0, 0.05) is 5.69 Å². The van der Waals surface area contributed by atoms with Gasteiger partial charge in [-0.15, -0.1) is 0 Å². The van der Waals surface area contributed by atoms with Crippen molar-refractivity contribution in [1.82, 2.24) is 0 Å². The number of rotatable bonds is 4. The van der Waals surface area contributed by atoms with E-state index in [2.05, 4.69) is 41.7 Å². The molecule has 3 nitrogen and oxygen atoms in total. The first-order valence-corrected chi connectivity index (χ1v) is 7.69. The summed E-state index contributed by atoms with van der Waals surface area (Å²) >= 11 is 0. The number of hydrogen-bond donors (Lipinski definition) is 1. The van der Waals surface area contributed by atoms with E-state index in [1.165, 1.54) is 11.1 Å². The zero-order valence-corrected chi connectivity index (χ0v) is 13.1. The molecule has 0 aliphatic carbocycles. The van der Waals surface area contributed by atoms with Crippen LogP contribution in [0.15, 0.2) is 78.9 Å². The summed E-state index contributed by atoms with van der Waals surface area (Å²) in [6.07, 6.45) is -0.136. The lowest BCUT2D eigenvalue weighted by Crippen LogP contribution is -2.09. The quantitative estimate of drug-likeness (QED) is 0.747. The van der Waals surface area contributed by atoms with Gasteiger partial charge in [0.1, 0.15) is 6.42 Å². The summed E-state index contributed by atoms with van der Waals surface area (Å²) in [6, 6.07) is 28.1. The Labute approximate surface area is 141 Å². The van der Waals surface area contributed by atoms with Crippen molar-refractivity contribution >= 4 is 11.6 Å². The fraction of sp³-hybridized carbons (Fsp3) is 0.0476. The van der Waals surface area contributed by atoms with Gasteiger partial charge in [0.05, 0.1) is 6.07 Å². The van der Waals surface area contributed by atoms with E-state index in [1.54, 1.807) is 0 Å². The van der Waals surface area contributed by atoms with Crippen molar-refractivity contribution in [2.45, 2.75) is 6.42 Å². The number of hydrogen-bond acceptors (Lipinski definition) is 2. The largest absolute Gasteiger partial charge is 0.325 e. The molecule has 0 radical (unpaired) electrons. The topological polar surface area (TPSA) is 52.9 Å². The van der Waals surface area contributed by atoms with E-state index in [1.807, 2.05) is 48.5 Å². The SMILES string of the molecule is N#CCC(=O)Nc1ccc(-c2ccc(-c3ccccc3)cc2)cc1. The minimum atomic E-state index is -0.294. The number of nitrogens with one attached hydrogen (secondary N) is 1. The maximum Gasteiger partial charge on any atom is 0.238 e. The molecule has 116 valence electrons. The number of benzene rings is 3. The van der Waals surface area contributed by atoms with Crippen molar-refractivity contribution in [3.63, 3.8) is 0 Å². The molecule has 0 saturated heterocycles. The van der Waals surface area contributed by atoms with E-state index in [4.69, 9.17) is 5.26 Å². The summed E-state index contributed by atoms with van der Waals surface area (Å²) in [6.45, 7) is 0. The first-order valence-electron chi connectivity index (χ1n) is 7.69. The molecule has 3 heteroatoms. The third kappa shape index (κ3) is 3.68. The highest BCUT2D eigenvalue weighted by molar-refractivity contribution is 5.92. The average Bonchev–Trinajstić information content (AvgIpc) is 2.63. The van der Waals surface area contributed by atoms with Crippen molar-refractivity contribution < 1.29 is 4.79 Å².